The SMILES string of the molecule is C[C@H]1CCCC[C@]12NC(=O)N(CC(=O)NCc1ccc(Cl)cc1)C2=O. The Hall–Kier alpha value is -2.08. The molecule has 25 heavy (non-hydrogen) atoms. The van der Waals surface area contributed by atoms with Crippen LogP contribution in [0.1, 0.15) is 38.2 Å². The Morgan fingerprint density at radius 2 is 2.04 bits per heavy atom. The number of nitrogens with zero attached hydrogens (tertiary/aromatic N) is 1. The number of halogens is 1. The molecule has 1 spiro atoms. The first-order valence-electron chi connectivity index (χ1n) is 8.57. The Morgan fingerprint density at radius 1 is 1.32 bits per heavy atom. The van der Waals surface area contributed by atoms with Gasteiger partial charge in [0.25, 0.3) is 5.91 Å². The molecule has 2 aliphatic rings. The number of rotatable bonds is 4. The van der Waals surface area contributed by atoms with Crippen LogP contribution in [0, 0.1) is 5.92 Å². The largest absolute Gasteiger partial charge is 0.350 e. The predicted octanol–water partition coefficient (Wildman–Crippen LogP) is 2.46. The molecule has 4 amide bonds. The third kappa shape index (κ3) is 3.49. The Labute approximate surface area is 151 Å². The van der Waals surface area contributed by atoms with Crippen molar-refractivity contribution in [2.75, 3.05) is 6.54 Å². The van der Waals surface area contributed by atoms with Crippen LogP contribution in [-0.2, 0) is 16.1 Å². The molecular weight excluding hydrogens is 342 g/mol. The highest BCUT2D eigenvalue weighted by Crippen LogP contribution is 2.38. The van der Waals surface area contributed by atoms with Crippen LogP contribution in [0.4, 0.5) is 4.79 Å². The third-order valence-electron chi connectivity index (χ3n) is 5.21. The monoisotopic (exact) mass is 363 g/mol. The van der Waals surface area contributed by atoms with Crippen LogP contribution >= 0.6 is 11.6 Å². The normalized spacial score (nSPS) is 26.0. The van der Waals surface area contributed by atoms with Crippen molar-refractivity contribution in [3.63, 3.8) is 0 Å². The summed E-state index contributed by atoms with van der Waals surface area (Å²) in [5.74, 6) is -0.551. The summed E-state index contributed by atoms with van der Waals surface area (Å²) in [4.78, 5) is 38.3. The van der Waals surface area contributed by atoms with E-state index in [1.807, 2.05) is 19.1 Å². The van der Waals surface area contributed by atoms with E-state index in [9.17, 15) is 14.4 Å². The number of carbonyl (C=O) groups excluding carboxylic acids is 3. The molecule has 3 rings (SSSR count). The van der Waals surface area contributed by atoms with Gasteiger partial charge in [0, 0.05) is 11.6 Å². The minimum Gasteiger partial charge on any atom is -0.350 e. The molecule has 0 aromatic heterocycles. The second-order valence-corrected chi connectivity index (χ2v) is 7.28. The van der Waals surface area contributed by atoms with Crippen LogP contribution < -0.4 is 10.6 Å². The molecule has 1 aliphatic carbocycles. The van der Waals surface area contributed by atoms with Gasteiger partial charge in [-0.1, -0.05) is 43.5 Å². The van der Waals surface area contributed by atoms with E-state index < -0.39 is 11.6 Å². The fourth-order valence-electron chi connectivity index (χ4n) is 3.64. The Morgan fingerprint density at radius 3 is 2.72 bits per heavy atom. The van der Waals surface area contributed by atoms with Gasteiger partial charge in [-0.15, -0.1) is 0 Å². The van der Waals surface area contributed by atoms with E-state index in [0.29, 0.717) is 18.0 Å². The van der Waals surface area contributed by atoms with Crippen LogP contribution in [-0.4, -0.2) is 34.8 Å². The Balaban J connectivity index is 1.60. The molecule has 1 heterocycles. The van der Waals surface area contributed by atoms with Gasteiger partial charge in [0.2, 0.25) is 5.91 Å². The van der Waals surface area contributed by atoms with Gasteiger partial charge in [0.1, 0.15) is 12.1 Å². The minimum absolute atomic E-state index is 0.0832. The minimum atomic E-state index is -0.828. The quantitative estimate of drug-likeness (QED) is 0.806. The zero-order chi connectivity index (χ0) is 18.0. The van der Waals surface area contributed by atoms with Gasteiger partial charge >= 0.3 is 6.03 Å². The molecule has 1 saturated heterocycles. The standard InChI is InChI=1S/C18H22ClN3O3/c1-12-4-2-3-9-18(12)16(24)22(17(25)21-18)11-15(23)20-10-13-5-7-14(19)8-6-13/h5-8,12H,2-4,9-11H2,1H3,(H,20,23)(H,21,25)/t12-,18-/m0/s1. The highest BCUT2D eigenvalue weighted by Gasteiger charge is 2.55. The van der Waals surface area contributed by atoms with Gasteiger partial charge < -0.3 is 10.6 Å². The van der Waals surface area contributed by atoms with Crippen molar-refractivity contribution >= 4 is 29.4 Å². The second kappa shape index (κ2) is 7.04. The van der Waals surface area contributed by atoms with E-state index in [1.165, 1.54) is 0 Å². The van der Waals surface area contributed by atoms with Crippen LogP contribution in [0.5, 0.6) is 0 Å². The van der Waals surface area contributed by atoms with Crippen molar-refractivity contribution < 1.29 is 14.4 Å². The lowest BCUT2D eigenvalue weighted by Crippen LogP contribution is -2.54. The molecule has 134 valence electrons. The van der Waals surface area contributed by atoms with Gasteiger partial charge in [-0.3, -0.25) is 14.5 Å². The number of benzene rings is 1. The highest BCUT2D eigenvalue weighted by atomic mass is 35.5. The maximum absolute atomic E-state index is 12.8. The van der Waals surface area contributed by atoms with E-state index in [1.54, 1.807) is 12.1 Å². The first-order chi connectivity index (χ1) is 11.9. The number of carbonyl (C=O) groups is 3. The molecule has 0 unspecified atom stereocenters. The Kier molecular flexibility index (Phi) is 4.99. The van der Waals surface area contributed by atoms with Crippen LogP contribution in [0.15, 0.2) is 24.3 Å². The molecular formula is C18H22ClN3O3. The smallest absolute Gasteiger partial charge is 0.325 e. The predicted molar refractivity (Wildman–Crippen MR) is 93.9 cm³/mol. The molecule has 6 nitrogen and oxygen atoms in total. The van der Waals surface area contributed by atoms with Crippen LogP contribution in [0.2, 0.25) is 5.02 Å². The van der Waals surface area contributed by atoms with Gasteiger partial charge in [0.15, 0.2) is 0 Å². The molecule has 1 saturated carbocycles. The maximum atomic E-state index is 12.8. The van der Waals surface area contributed by atoms with Crippen molar-refractivity contribution in [1.29, 1.82) is 0 Å². The number of urea groups is 1. The van der Waals surface area contributed by atoms with E-state index >= 15 is 0 Å². The molecule has 0 radical (unpaired) electrons. The van der Waals surface area contributed by atoms with Crippen molar-refractivity contribution in [3.8, 4) is 0 Å². The zero-order valence-corrected chi connectivity index (χ0v) is 14.9. The van der Waals surface area contributed by atoms with Gasteiger partial charge in [-0.2, -0.15) is 0 Å². The molecule has 0 bridgehead atoms. The lowest BCUT2D eigenvalue weighted by molar-refractivity contribution is -0.137. The van der Waals surface area contributed by atoms with E-state index in [4.69, 9.17) is 11.6 Å². The summed E-state index contributed by atoms with van der Waals surface area (Å²) in [6, 6.07) is 6.65. The molecule has 7 heteroatoms. The summed E-state index contributed by atoms with van der Waals surface area (Å²) in [6.45, 7) is 2.05. The molecule has 1 aromatic carbocycles. The van der Waals surface area contributed by atoms with Crippen molar-refractivity contribution in [1.82, 2.24) is 15.5 Å². The summed E-state index contributed by atoms with van der Waals surface area (Å²) < 4.78 is 0. The summed E-state index contributed by atoms with van der Waals surface area (Å²) in [6.07, 6.45) is 3.52. The molecule has 2 atom stereocenters. The van der Waals surface area contributed by atoms with Crippen molar-refractivity contribution in [3.05, 3.63) is 34.9 Å². The number of nitrogens with one attached hydrogen (secondary N) is 2. The molecule has 1 aromatic rings. The van der Waals surface area contributed by atoms with Gasteiger partial charge in [-0.05, 0) is 36.5 Å². The Bertz CT molecular complexity index is 691. The second-order valence-electron chi connectivity index (χ2n) is 6.84. The fourth-order valence-corrected chi connectivity index (χ4v) is 3.77. The van der Waals surface area contributed by atoms with Crippen molar-refractivity contribution in [2.45, 2.75) is 44.7 Å². The zero-order valence-electron chi connectivity index (χ0n) is 14.2. The van der Waals surface area contributed by atoms with Crippen molar-refractivity contribution in [2.24, 2.45) is 5.92 Å². The maximum Gasteiger partial charge on any atom is 0.325 e. The van der Waals surface area contributed by atoms with Gasteiger partial charge in [-0.25, -0.2) is 4.79 Å². The first kappa shape index (κ1) is 17.7. The van der Waals surface area contributed by atoms with Crippen LogP contribution in [0.3, 0.4) is 0 Å². The topological polar surface area (TPSA) is 78.5 Å². The highest BCUT2D eigenvalue weighted by molar-refractivity contribution is 6.30. The fraction of sp³-hybridized carbons (Fsp3) is 0.500. The third-order valence-corrected chi connectivity index (χ3v) is 5.46. The first-order valence-corrected chi connectivity index (χ1v) is 8.95. The molecule has 2 fully saturated rings. The number of hydrogen-bond donors (Lipinski definition) is 2. The summed E-state index contributed by atoms with van der Waals surface area (Å²) in [7, 11) is 0. The van der Waals surface area contributed by atoms with E-state index in [-0.39, 0.29) is 24.3 Å². The average molecular weight is 364 g/mol. The summed E-state index contributed by atoms with van der Waals surface area (Å²) in [5.41, 5.74) is 0.0681. The van der Waals surface area contributed by atoms with E-state index in [0.717, 1.165) is 29.7 Å². The number of amides is 4. The van der Waals surface area contributed by atoms with Gasteiger partial charge in [0.05, 0.1) is 0 Å². The van der Waals surface area contributed by atoms with Crippen LogP contribution in [0.25, 0.3) is 0 Å². The number of imide groups is 1. The number of hydrogen-bond acceptors (Lipinski definition) is 3. The molecule has 1 aliphatic heterocycles. The van der Waals surface area contributed by atoms with E-state index in [2.05, 4.69) is 10.6 Å². The molecule has 2 N–H and O–H groups in total. The average Bonchev–Trinajstić information content (AvgIpc) is 2.82. The summed E-state index contributed by atoms with van der Waals surface area (Å²) >= 11 is 5.83. The summed E-state index contributed by atoms with van der Waals surface area (Å²) in [5, 5.41) is 6.21. The lowest BCUT2D eigenvalue weighted by atomic mass is 9.73. The lowest BCUT2D eigenvalue weighted by Gasteiger charge is -2.36.